The Bertz CT molecular complexity index is 1040. The van der Waals surface area contributed by atoms with Gasteiger partial charge in [0.05, 0.1) is 11.4 Å². The highest BCUT2D eigenvalue weighted by molar-refractivity contribution is 7.99. The van der Waals surface area contributed by atoms with Crippen molar-refractivity contribution in [3.63, 3.8) is 0 Å². The lowest BCUT2D eigenvalue weighted by atomic mass is 10.0. The van der Waals surface area contributed by atoms with Gasteiger partial charge in [-0.3, -0.25) is 9.59 Å². The second-order valence-corrected chi connectivity index (χ2v) is 8.05. The van der Waals surface area contributed by atoms with Crippen molar-refractivity contribution < 1.29 is 4.79 Å². The zero-order valence-electron chi connectivity index (χ0n) is 16.9. The Morgan fingerprint density at radius 1 is 1.10 bits per heavy atom. The van der Waals surface area contributed by atoms with E-state index in [4.69, 9.17) is 0 Å². The van der Waals surface area contributed by atoms with Gasteiger partial charge in [0.1, 0.15) is 5.03 Å². The first-order valence-electron chi connectivity index (χ1n) is 9.68. The molecule has 29 heavy (non-hydrogen) atoms. The summed E-state index contributed by atoms with van der Waals surface area (Å²) in [5.41, 5.74) is 3.68. The molecule has 0 fully saturated rings. The molecule has 2 aromatic carbocycles. The van der Waals surface area contributed by atoms with Crippen LogP contribution < -0.4 is 10.9 Å². The molecule has 0 unspecified atom stereocenters. The van der Waals surface area contributed by atoms with Gasteiger partial charge in [0, 0.05) is 11.8 Å². The van der Waals surface area contributed by atoms with Gasteiger partial charge in [0.2, 0.25) is 5.91 Å². The number of aromatic nitrogens is 2. The summed E-state index contributed by atoms with van der Waals surface area (Å²) in [7, 11) is 0. The van der Waals surface area contributed by atoms with Gasteiger partial charge in [-0.05, 0) is 53.8 Å². The largest absolute Gasteiger partial charge is 0.325 e. The van der Waals surface area contributed by atoms with E-state index in [9.17, 15) is 9.59 Å². The van der Waals surface area contributed by atoms with Crippen LogP contribution in [0.4, 0.5) is 5.69 Å². The molecular formula is C23H25N3O2S. The SMILES string of the molecule is CCc1cccc(NC(=O)CSc2ccc(=O)n(-c3ccc(C(C)C)cc3)n2)c1. The van der Waals surface area contributed by atoms with Gasteiger partial charge in [-0.15, -0.1) is 0 Å². The van der Waals surface area contributed by atoms with Gasteiger partial charge in [-0.2, -0.15) is 9.78 Å². The molecule has 150 valence electrons. The molecule has 0 radical (unpaired) electrons. The predicted octanol–water partition coefficient (Wildman–Crippen LogP) is 4.65. The molecular weight excluding hydrogens is 382 g/mol. The number of amides is 1. The van der Waals surface area contributed by atoms with E-state index in [0.29, 0.717) is 16.6 Å². The molecule has 0 atom stereocenters. The van der Waals surface area contributed by atoms with Crippen LogP contribution in [0, 0.1) is 0 Å². The van der Waals surface area contributed by atoms with Crippen LogP contribution >= 0.6 is 11.8 Å². The number of thioether (sulfide) groups is 1. The highest BCUT2D eigenvalue weighted by atomic mass is 32.2. The van der Waals surface area contributed by atoms with Crippen molar-refractivity contribution >= 4 is 23.4 Å². The maximum atomic E-state index is 12.3. The average molecular weight is 408 g/mol. The van der Waals surface area contributed by atoms with Gasteiger partial charge in [0.25, 0.3) is 5.56 Å². The number of anilines is 1. The summed E-state index contributed by atoms with van der Waals surface area (Å²) in [6, 6.07) is 18.7. The zero-order chi connectivity index (χ0) is 20.8. The van der Waals surface area contributed by atoms with Crippen molar-refractivity contribution in [2.75, 3.05) is 11.1 Å². The summed E-state index contributed by atoms with van der Waals surface area (Å²) >= 11 is 1.30. The first kappa shape index (κ1) is 20.9. The van der Waals surface area contributed by atoms with Crippen molar-refractivity contribution in [1.82, 2.24) is 9.78 Å². The third kappa shape index (κ3) is 5.57. The van der Waals surface area contributed by atoms with E-state index >= 15 is 0 Å². The monoisotopic (exact) mass is 407 g/mol. The minimum atomic E-state index is -0.201. The molecule has 1 heterocycles. The maximum Gasteiger partial charge on any atom is 0.271 e. The normalized spacial score (nSPS) is 10.9. The van der Waals surface area contributed by atoms with Gasteiger partial charge >= 0.3 is 0 Å². The summed E-state index contributed by atoms with van der Waals surface area (Å²) in [6.45, 7) is 6.33. The van der Waals surface area contributed by atoms with Crippen molar-refractivity contribution in [2.24, 2.45) is 0 Å². The molecule has 0 spiro atoms. The summed E-state index contributed by atoms with van der Waals surface area (Å²) in [4.78, 5) is 24.5. The summed E-state index contributed by atoms with van der Waals surface area (Å²) in [6.07, 6.45) is 0.919. The first-order chi connectivity index (χ1) is 14.0. The quantitative estimate of drug-likeness (QED) is 0.579. The van der Waals surface area contributed by atoms with Crippen LogP contribution in [0.3, 0.4) is 0 Å². The smallest absolute Gasteiger partial charge is 0.271 e. The van der Waals surface area contributed by atoms with E-state index in [1.54, 1.807) is 6.07 Å². The fraction of sp³-hybridized carbons (Fsp3) is 0.261. The van der Waals surface area contributed by atoms with Crippen LogP contribution in [0.15, 0.2) is 70.5 Å². The topological polar surface area (TPSA) is 64.0 Å². The molecule has 0 aliphatic carbocycles. The first-order valence-corrected chi connectivity index (χ1v) is 10.7. The average Bonchev–Trinajstić information content (AvgIpc) is 2.73. The number of hydrogen-bond acceptors (Lipinski definition) is 4. The Hall–Kier alpha value is -2.86. The van der Waals surface area contributed by atoms with Gasteiger partial charge < -0.3 is 5.32 Å². The summed E-state index contributed by atoms with van der Waals surface area (Å²) < 4.78 is 1.37. The second-order valence-electron chi connectivity index (χ2n) is 7.06. The summed E-state index contributed by atoms with van der Waals surface area (Å²) in [5, 5.41) is 7.94. The van der Waals surface area contributed by atoms with Crippen LogP contribution in [0.1, 0.15) is 37.8 Å². The third-order valence-corrected chi connectivity index (χ3v) is 5.47. The van der Waals surface area contributed by atoms with E-state index in [-0.39, 0.29) is 17.2 Å². The van der Waals surface area contributed by atoms with Crippen molar-refractivity contribution in [1.29, 1.82) is 0 Å². The minimum Gasteiger partial charge on any atom is -0.325 e. The Kier molecular flexibility index (Phi) is 6.88. The van der Waals surface area contributed by atoms with Crippen LogP contribution in [0.25, 0.3) is 5.69 Å². The molecule has 1 N–H and O–H groups in total. The Morgan fingerprint density at radius 3 is 2.55 bits per heavy atom. The van der Waals surface area contributed by atoms with Gasteiger partial charge in [-0.25, -0.2) is 0 Å². The molecule has 0 aliphatic rings. The zero-order valence-corrected chi connectivity index (χ0v) is 17.7. The number of nitrogens with one attached hydrogen (secondary N) is 1. The lowest BCUT2D eigenvalue weighted by Crippen LogP contribution is -2.21. The van der Waals surface area contributed by atoms with Gasteiger partial charge in [0.15, 0.2) is 0 Å². The fourth-order valence-electron chi connectivity index (χ4n) is 2.86. The van der Waals surface area contributed by atoms with Gasteiger partial charge in [-0.1, -0.05) is 56.8 Å². The molecule has 3 aromatic rings. The van der Waals surface area contributed by atoms with Crippen LogP contribution in [-0.4, -0.2) is 21.4 Å². The van der Waals surface area contributed by atoms with Crippen LogP contribution in [-0.2, 0) is 11.2 Å². The summed E-state index contributed by atoms with van der Waals surface area (Å²) in [5.74, 6) is 0.532. The lowest BCUT2D eigenvalue weighted by molar-refractivity contribution is -0.113. The Balaban J connectivity index is 1.68. The highest BCUT2D eigenvalue weighted by Crippen LogP contribution is 2.18. The molecule has 0 aliphatic heterocycles. The second kappa shape index (κ2) is 9.56. The Morgan fingerprint density at radius 2 is 1.86 bits per heavy atom. The van der Waals surface area contributed by atoms with E-state index in [0.717, 1.165) is 12.1 Å². The minimum absolute atomic E-state index is 0.107. The molecule has 0 saturated carbocycles. The van der Waals surface area contributed by atoms with Crippen molar-refractivity contribution in [3.05, 3.63) is 82.1 Å². The van der Waals surface area contributed by atoms with Crippen LogP contribution in [0.2, 0.25) is 0 Å². The van der Waals surface area contributed by atoms with Crippen molar-refractivity contribution in [3.8, 4) is 5.69 Å². The number of rotatable bonds is 7. The van der Waals surface area contributed by atoms with Crippen molar-refractivity contribution in [2.45, 2.75) is 38.1 Å². The third-order valence-electron chi connectivity index (χ3n) is 4.55. The molecule has 0 bridgehead atoms. The number of carbonyl (C=O) groups excluding carboxylic acids is 1. The molecule has 0 saturated heterocycles. The standard InChI is InChI=1S/C23H25N3O2S/c1-4-17-6-5-7-19(14-17)24-21(27)15-29-22-12-13-23(28)26(25-22)20-10-8-18(9-11-20)16(2)3/h5-14,16H,4,15H2,1-3H3,(H,24,27). The van der Waals surface area contributed by atoms with E-state index in [1.807, 2.05) is 48.5 Å². The number of aryl methyl sites for hydroxylation is 1. The van der Waals surface area contributed by atoms with Crippen LogP contribution in [0.5, 0.6) is 0 Å². The fourth-order valence-corrected chi connectivity index (χ4v) is 3.52. The predicted molar refractivity (Wildman–Crippen MR) is 119 cm³/mol. The number of nitrogens with zero attached hydrogens (tertiary/aromatic N) is 2. The highest BCUT2D eigenvalue weighted by Gasteiger charge is 2.08. The molecule has 6 heteroatoms. The molecule has 3 rings (SSSR count). The number of carbonyl (C=O) groups is 1. The van der Waals surface area contributed by atoms with E-state index in [2.05, 4.69) is 31.2 Å². The molecule has 1 amide bonds. The Labute approximate surface area is 175 Å². The maximum absolute atomic E-state index is 12.3. The lowest BCUT2D eigenvalue weighted by Gasteiger charge is -2.10. The molecule has 5 nitrogen and oxygen atoms in total. The number of hydrogen-bond donors (Lipinski definition) is 1. The van der Waals surface area contributed by atoms with E-state index < -0.39 is 0 Å². The van der Waals surface area contributed by atoms with E-state index in [1.165, 1.54) is 33.6 Å². The number of benzene rings is 2. The molecule has 1 aromatic heterocycles.